The molecule has 1 saturated heterocycles. The molecule has 126 valence electrons. The van der Waals surface area contributed by atoms with Gasteiger partial charge in [0.1, 0.15) is 0 Å². The molecule has 0 bridgehead atoms. The molecule has 5 rings (SSSR count). The number of epoxide rings is 1. The van der Waals surface area contributed by atoms with Crippen LogP contribution in [-0.4, -0.2) is 23.4 Å². The second-order valence-electron chi connectivity index (χ2n) is 9.61. The zero-order valence-corrected chi connectivity index (χ0v) is 14.8. The summed E-state index contributed by atoms with van der Waals surface area (Å²) in [5.74, 6) is 1.83. The van der Waals surface area contributed by atoms with Crippen molar-refractivity contribution in [2.75, 3.05) is 6.61 Å². The van der Waals surface area contributed by atoms with E-state index in [4.69, 9.17) is 4.74 Å². The van der Waals surface area contributed by atoms with Crippen molar-refractivity contribution in [2.45, 2.75) is 71.0 Å². The van der Waals surface area contributed by atoms with Crippen LogP contribution >= 0.6 is 0 Å². The van der Waals surface area contributed by atoms with Crippen LogP contribution in [0.2, 0.25) is 0 Å². The zero-order chi connectivity index (χ0) is 16.0. The molecule has 4 aliphatic carbocycles. The standard InChI is InChI=1S/C21H30O2/c1-13-6-8-19(2)14(10-13)4-5-15-16-7-9-21(12-23-21)20(16,3)11-17(22)18(15)19/h4,10,15-18,22H,5-9,11-12H2,1-3H3/t15?,16?,17?,18?,19?,20?,21-/m1/s1. The maximum atomic E-state index is 11.2. The Kier molecular flexibility index (Phi) is 2.77. The summed E-state index contributed by atoms with van der Waals surface area (Å²) in [6.07, 6.45) is 11.8. The monoisotopic (exact) mass is 314 g/mol. The summed E-state index contributed by atoms with van der Waals surface area (Å²) in [6.45, 7) is 8.04. The van der Waals surface area contributed by atoms with Gasteiger partial charge in [-0.15, -0.1) is 0 Å². The predicted octanol–water partition coefficient (Wildman–Crippen LogP) is 4.25. The molecule has 1 spiro atoms. The average Bonchev–Trinajstić information content (AvgIpc) is 3.22. The number of hydrogen-bond acceptors (Lipinski definition) is 2. The van der Waals surface area contributed by atoms with Gasteiger partial charge in [0.25, 0.3) is 0 Å². The molecule has 0 aromatic carbocycles. The van der Waals surface area contributed by atoms with E-state index in [1.807, 2.05) is 0 Å². The normalized spacial score (nSPS) is 57.2. The Balaban J connectivity index is 1.58. The van der Waals surface area contributed by atoms with Crippen LogP contribution in [0, 0.1) is 28.6 Å². The average molecular weight is 314 g/mol. The van der Waals surface area contributed by atoms with Crippen molar-refractivity contribution in [3.05, 3.63) is 23.3 Å². The minimum Gasteiger partial charge on any atom is -0.393 e. The molecule has 3 fully saturated rings. The van der Waals surface area contributed by atoms with Crippen LogP contribution in [0.1, 0.15) is 59.3 Å². The summed E-state index contributed by atoms with van der Waals surface area (Å²) in [7, 11) is 0. The molecule has 2 heteroatoms. The van der Waals surface area contributed by atoms with Crippen LogP contribution in [0.15, 0.2) is 23.3 Å². The van der Waals surface area contributed by atoms with Gasteiger partial charge in [-0.2, -0.15) is 0 Å². The van der Waals surface area contributed by atoms with Crippen molar-refractivity contribution in [1.29, 1.82) is 0 Å². The third-order valence-electron chi connectivity index (χ3n) is 8.68. The third kappa shape index (κ3) is 1.67. The molecular formula is C21H30O2. The SMILES string of the molecule is CC1=CC2=CCC3C(C(O)CC4(C)C3CC[C@@]43CO3)C2(C)CC1. The first kappa shape index (κ1) is 14.7. The minimum atomic E-state index is -0.166. The molecule has 2 nitrogen and oxygen atoms in total. The highest BCUT2D eigenvalue weighted by Gasteiger charge is 2.71. The molecule has 23 heavy (non-hydrogen) atoms. The van der Waals surface area contributed by atoms with Gasteiger partial charge >= 0.3 is 0 Å². The summed E-state index contributed by atoms with van der Waals surface area (Å²) >= 11 is 0. The Morgan fingerprint density at radius 2 is 2.04 bits per heavy atom. The van der Waals surface area contributed by atoms with Gasteiger partial charge in [-0.3, -0.25) is 0 Å². The van der Waals surface area contributed by atoms with E-state index >= 15 is 0 Å². The van der Waals surface area contributed by atoms with Crippen molar-refractivity contribution in [2.24, 2.45) is 28.6 Å². The molecule has 0 aromatic heterocycles. The van der Waals surface area contributed by atoms with Gasteiger partial charge in [0.15, 0.2) is 0 Å². The van der Waals surface area contributed by atoms with Crippen molar-refractivity contribution in [3.8, 4) is 0 Å². The van der Waals surface area contributed by atoms with Gasteiger partial charge in [-0.25, -0.2) is 0 Å². The van der Waals surface area contributed by atoms with Crippen LogP contribution in [-0.2, 0) is 4.74 Å². The first-order chi connectivity index (χ1) is 10.9. The molecule has 0 aromatic rings. The van der Waals surface area contributed by atoms with E-state index in [0.717, 1.165) is 25.4 Å². The van der Waals surface area contributed by atoms with E-state index in [2.05, 4.69) is 32.9 Å². The van der Waals surface area contributed by atoms with Crippen molar-refractivity contribution < 1.29 is 9.84 Å². The van der Waals surface area contributed by atoms with E-state index in [-0.39, 0.29) is 22.5 Å². The van der Waals surface area contributed by atoms with Crippen molar-refractivity contribution in [1.82, 2.24) is 0 Å². The van der Waals surface area contributed by atoms with Crippen LogP contribution < -0.4 is 0 Å². The molecule has 7 atom stereocenters. The molecule has 1 heterocycles. The van der Waals surface area contributed by atoms with Gasteiger partial charge in [-0.05, 0) is 74.2 Å². The minimum absolute atomic E-state index is 0.123. The van der Waals surface area contributed by atoms with Gasteiger partial charge in [0, 0.05) is 5.41 Å². The quantitative estimate of drug-likeness (QED) is 0.678. The van der Waals surface area contributed by atoms with E-state index in [1.54, 1.807) is 0 Å². The van der Waals surface area contributed by atoms with E-state index in [1.165, 1.54) is 36.8 Å². The molecular weight excluding hydrogens is 284 g/mol. The topological polar surface area (TPSA) is 32.8 Å². The van der Waals surface area contributed by atoms with Crippen LogP contribution in [0.25, 0.3) is 0 Å². The Morgan fingerprint density at radius 3 is 2.78 bits per heavy atom. The molecule has 1 aliphatic heterocycles. The lowest BCUT2D eigenvalue weighted by molar-refractivity contribution is -0.121. The predicted molar refractivity (Wildman–Crippen MR) is 90.9 cm³/mol. The van der Waals surface area contributed by atoms with Crippen molar-refractivity contribution in [3.63, 3.8) is 0 Å². The largest absolute Gasteiger partial charge is 0.393 e. The Hall–Kier alpha value is -0.600. The Labute approximate surface area is 140 Å². The second kappa shape index (κ2) is 4.32. The maximum Gasteiger partial charge on any atom is 0.0973 e. The first-order valence-electron chi connectivity index (χ1n) is 9.60. The van der Waals surface area contributed by atoms with Crippen LogP contribution in [0.5, 0.6) is 0 Å². The van der Waals surface area contributed by atoms with Gasteiger partial charge < -0.3 is 9.84 Å². The summed E-state index contributed by atoms with van der Waals surface area (Å²) in [5.41, 5.74) is 3.53. The second-order valence-corrected chi connectivity index (χ2v) is 9.61. The first-order valence-corrected chi connectivity index (χ1v) is 9.60. The molecule has 0 amide bonds. The highest BCUT2D eigenvalue weighted by Crippen LogP contribution is 2.70. The Bertz CT molecular complexity index is 613. The van der Waals surface area contributed by atoms with Gasteiger partial charge in [0.2, 0.25) is 0 Å². The molecule has 5 aliphatic rings. The molecule has 6 unspecified atom stereocenters. The number of hydrogen-bond donors (Lipinski definition) is 1. The Morgan fingerprint density at radius 1 is 1.26 bits per heavy atom. The van der Waals surface area contributed by atoms with E-state index in [9.17, 15) is 5.11 Å². The number of allylic oxidation sites excluding steroid dienone is 4. The smallest absolute Gasteiger partial charge is 0.0973 e. The fourth-order valence-corrected chi connectivity index (χ4v) is 7.24. The number of ether oxygens (including phenoxy) is 1. The molecule has 1 N–H and O–H groups in total. The molecule has 0 radical (unpaired) electrons. The van der Waals surface area contributed by atoms with Crippen LogP contribution in [0.3, 0.4) is 0 Å². The fourth-order valence-electron chi connectivity index (χ4n) is 7.24. The number of rotatable bonds is 0. The third-order valence-corrected chi connectivity index (χ3v) is 8.68. The van der Waals surface area contributed by atoms with Gasteiger partial charge in [-0.1, -0.05) is 31.6 Å². The van der Waals surface area contributed by atoms with E-state index < -0.39 is 0 Å². The highest BCUT2D eigenvalue weighted by atomic mass is 16.6. The van der Waals surface area contributed by atoms with E-state index in [0.29, 0.717) is 11.8 Å². The van der Waals surface area contributed by atoms with Crippen LogP contribution in [0.4, 0.5) is 0 Å². The lowest BCUT2D eigenvalue weighted by Crippen LogP contribution is -2.56. The number of fused-ring (bicyclic) bond motifs is 6. The summed E-state index contributed by atoms with van der Waals surface area (Å²) in [4.78, 5) is 0. The summed E-state index contributed by atoms with van der Waals surface area (Å²) in [5, 5.41) is 11.2. The summed E-state index contributed by atoms with van der Waals surface area (Å²) in [6, 6.07) is 0. The van der Waals surface area contributed by atoms with Gasteiger partial charge in [0.05, 0.1) is 18.3 Å². The molecule has 2 saturated carbocycles. The van der Waals surface area contributed by atoms with Crippen molar-refractivity contribution >= 4 is 0 Å². The zero-order valence-electron chi connectivity index (χ0n) is 14.8. The maximum absolute atomic E-state index is 11.2. The lowest BCUT2D eigenvalue weighted by atomic mass is 9.47. The number of aliphatic hydroxyl groups excluding tert-OH is 1. The lowest BCUT2D eigenvalue weighted by Gasteiger charge is -2.58. The summed E-state index contributed by atoms with van der Waals surface area (Å²) < 4.78 is 5.97. The highest BCUT2D eigenvalue weighted by molar-refractivity contribution is 5.37. The fraction of sp³-hybridized carbons (Fsp3) is 0.810. The number of aliphatic hydroxyl groups is 1.